The van der Waals surface area contributed by atoms with E-state index in [0.29, 0.717) is 36.9 Å². The lowest BCUT2D eigenvalue weighted by atomic mass is 10.1. The van der Waals surface area contributed by atoms with Gasteiger partial charge in [0.2, 0.25) is 5.91 Å². The van der Waals surface area contributed by atoms with E-state index >= 15 is 0 Å². The molecule has 2 amide bonds. The maximum Gasteiger partial charge on any atom is 0.251 e. The Morgan fingerprint density at radius 1 is 1.03 bits per heavy atom. The van der Waals surface area contributed by atoms with Gasteiger partial charge < -0.3 is 24.8 Å². The molecule has 0 aliphatic rings. The molecule has 0 heterocycles. The van der Waals surface area contributed by atoms with Crippen molar-refractivity contribution in [2.24, 2.45) is 11.8 Å². The lowest BCUT2D eigenvalue weighted by Crippen LogP contribution is -2.34. The van der Waals surface area contributed by atoms with Crippen molar-refractivity contribution in [2.75, 3.05) is 39.5 Å². The number of rotatable bonds is 17. The SMILES string of the molecule is CC(C)C#CCNC(=O)COCCO[C@](C)(COc1cccc(C(=O)NCCCC(C)C)c1)SSC(C)(C)C. The Morgan fingerprint density at radius 3 is 2.44 bits per heavy atom. The summed E-state index contributed by atoms with van der Waals surface area (Å²) in [5.74, 6) is 7.10. The lowest BCUT2D eigenvalue weighted by Gasteiger charge is -2.31. The second-order valence-corrected chi connectivity index (χ2v) is 14.6. The predicted octanol–water partition coefficient (Wildman–Crippen LogP) is 5.94. The zero-order valence-corrected chi connectivity index (χ0v) is 26.6. The maximum absolute atomic E-state index is 12.6. The van der Waals surface area contributed by atoms with Gasteiger partial charge in [-0.2, -0.15) is 0 Å². The minimum atomic E-state index is -0.675. The summed E-state index contributed by atoms with van der Waals surface area (Å²) in [7, 11) is 3.31. The van der Waals surface area contributed by atoms with Gasteiger partial charge in [0.05, 0.1) is 19.8 Å². The van der Waals surface area contributed by atoms with Gasteiger partial charge in [-0.25, -0.2) is 0 Å². The number of hydrogen-bond acceptors (Lipinski definition) is 7. The van der Waals surface area contributed by atoms with Crippen molar-refractivity contribution in [3.05, 3.63) is 29.8 Å². The Kier molecular flexibility index (Phi) is 16.7. The molecular formula is C30H48N2O5S2. The van der Waals surface area contributed by atoms with E-state index in [-0.39, 0.29) is 42.3 Å². The van der Waals surface area contributed by atoms with E-state index in [0.717, 1.165) is 12.8 Å². The Hall–Kier alpha value is -1.86. The topological polar surface area (TPSA) is 85.9 Å². The number of carbonyl (C=O) groups excluding carboxylic acids is 2. The van der Waals surface area contributed by atoms with Gasteiger partial charge in [0, 0.05) is 22.8 Å². The Bertz CT molecular complexity index is 937. The number of ether oxygens (including phenoxy) is 3. The van der Waals surface area contributed by atoms with E-state index in [9.17, 15) is 9.59 Å². The number of benzene rings is 1. The van der Waals surface area contributed by atoms with Crippen molar-refractivity contribution >= 4 is 33.4 Å². The largest absolute Gasteiger partial charge is 0.490 e. The van der Waals surface area contributed by atoms with Crippen molar-refractivity contribution in [2.45, 2.75) is 77.9 Å². The molecule has 1 rings (SSSR count). The summed E-state index contributed by atoms with van der Waals surface area (Å²) in [5, 5.41) is 5.70. The van der Waals surface area contributed by atoms with Gasteiger partial charge >= 0.3 is 0 Å². The van der Waals surface area contributed by atoms with E-state index in [1.165, 1.54) is 0 Å². The smallest absolute Gasteiger partial charge is 0.251 e. The van der Waals surface area contributed by atoms with Gasteiger partial charge in [0.15, 0.2) is 4.93 Å². The monoisotopic (exact) mass is 580 g/mol. The van der Waals surface area contributed by atoms with Crippen LogP contribution in [0.1, 0.15) is 78.6 Å². The van der Waals surface area contributed by atoms with Crippen molar-refractivity contribution in [3.63, 3.8) is 0 Å². The summed E-state index contributed by atoms with van der Waals surface area (Å²) in [4.78, 5) is 23.8. The highest BCUT2D eigenvalue weighted by molar-refractivity contribution is 8.77. The summed E-state index contributed by atoms with van der Waals surface area (Å²) in [5.41, 5.74) is 0.568. The Balaban J connectivity index is 2.60. The van der Waals surface area contributed by atoms with Crippen molar-refractivity contribution in [3.8, 4) is 17.6 Å². The van der Waals surface area contributed by atoms with Crippen molar-refractivity contribution in [1.82, 2.24) is 10.6 Å². The lowest BCUT2D eigenvalue weighted by molar-refractivity contribution is -0.126. The molecule has 0 fully saturated rings. The third kappa shape index (κ3) is 18.2. The van der Waals surface area contributed by atoms with Crippen LogP contribution in [0.5, 0.6) is 5.75 Å². The van der Waals surface area contributed by atoms with Gasteiger partial charge in [0.1, 0.15) is 19.0 Å². The number of amides is 2. The van der Waals surface area contributed by atoms with E-state index in [2.05, 4.69) is 57.1 Å². The maximum atomic E-state index is 12.6. The minimum Gasteiger partial charge on any atom is -0.490 e. The fraction of sp³-hybridized carbons (Fsp3) is 0.667. The van der Waals surface area contributed by atoms with E-state index in [1.807, 2.05) is 32.9 Å². The number of carbonyl (C=O) groups is 2. The van der Waals surface area contributed by atoms with Crippen molar-refractivity contribution < 1.29 is 23.8 Å². The quantitative estimate of drug-likeness (QED) is 0.102. The van der Waals surface area contributed by atoms with Crippen LogP contribution in [0.4, 0.5) is 0 Å². The van der Waals surface area contributed by atoms with Crippen LogP contribution < -0.4 is 15.4 Å². The predicted molar refractivity (Wildman–Crippen MR) is 164 cm³/mol. The zero-order valence-electron chi connectivity index (χ0n) is 25.0. The Morgan fingerprint density at radius 2 is 1.77 bits per heavy atom. The molecule has 0 aromatic heterocycles. The number of hydrogen-bond donors (Lipinski definition) is 2. The van der Waals surface area contributed by atoms with Gasteiger partial charge in [0.25, 0.3) is 5.91 Å². The molecule has 2 N–H and O–H groups in total. The molecule has 0 radical (unpaired) electrons. The molecule has 0 spiro atoms. The summed E-state index contributed by atoms with van der Waals surface area (Å²) >= 11 is 0. The highest BCUT2D eigenvalue weighted by atomic mass is 33.1. The molecule has 1 aromatic rings. The van der Waals surface area contributed by atoms with E-state index < -0.39 is 4.93 Å². The fourth-order valence-corrected chi connectivity index (χ4v) is 5.22. The van der Waals surface area contributed by atoms with Crippen LogP contribution in [0.3, 0.4) is 0 Å². The molecule has 1 aromatic carbocycles. The highest BCUT2D eigenvalue weighted by Crippen LogP contribution is 2.44. The van der Waals surface area contributed by atoms with Crippen LogP contribution in [0.2, 0.25) is 0 Å². The molecular weight excluding hydrogens is 532 g/mol. The van der Waals surface area contributed by atoms with Gasteiger partial charge in [-0.1, -0.05) is 88.0 Å². The first-order valence-corrected chi connectivity index (χ1v) is 15.8. The van der Waals surface area contributed by atoms with E-state index in [1.54, 1.807) is 33.7 Å². The standard InChI is InChI=1S/C30H48N2O5S2/c1-23(2)12-10-16-31-27(33)21-35-18-19-37-30(8,39-38-29(5,6)7)22-36-26-15-9-14-25(20-26)28(34)32-17-11-13-24(3)4/h9,14-15,20,23-24H,11,13,16-19,21-22H2,1-8H3,(H,31,33)(H,32,34)/t30-/m0/s1. The Labute approximate surface area is 244 Å². The molecule has 39 heavy (non-hydrogen) atoms. The van der Waals surface area contributed by atoms with Crippen LogP contribution in [0.25, 0.3) is 0 Å². The summed E-state index contributed by atoms with van der Waals surface area (Å²) in [6.45, 7) is 18.5. The van der Waals surface area contributed by atoms with Gasteiger partial charge in [-0.05, 0) is 43.9 Å². The fourth-order valence-electron chi connectivity index (χ4n) is 2.99. The summed E-state index contributed by atoms with van der Waals surface area (Å²) < 4.78 is 17.8. The first kappa shape index (κ1) is 35.2. The van der Waals surface area contributed by atoms with Gasteiger partial charge in [-0.15, -0.1) is 0 Å². The first-order valence-electron chi connectivity index (χ1n) is 13.6. The molecule has 0 aliphatic heterocycles. The second kappa shape index (κ2) is 18.5. The molecule has 0 saturated carbocycles. The minimum absolute atomic E-state index is 0.0237. The van der Waals surface area contributed by atoms with Crippen LogP contribution in [0.15, 0.2) is 24.3 Å². The summed E-state index contributed by atoms with van der Waals surface area (Å²) in [6.07, 6.45) is 2.04. The van der Waals surface area contributed by atoms with Crippen LogP contribution in [-0.4, -0.2) is 61.0 Å². The van der Waals surface area contributed by atoms with Gasteiger partial charge in [-0.3, -0.25) is 9.59 Å². The molecule has 0 bridgehead atoms. The molecule has 1 atom stereocenters. The van der Waals surface area contributed by atoms with Crippen LogP contribution in [-0.2, 0) is 14.3 Å². The molecule has 9 heteroatoms. The first-order chi connectivity index (χ1) is 18.3. The third-order valence-electron chi connectivity index (χ3n) is 4.94. The molecule has 0 saturated heterocycles. The average Bonchev–Trinajstić information content (AvgIpc) is 2.86. The normalized spacial score (nSPS) is 13.0. The summed E-state index contributed by atoms with van der Waals surface area (Å²) in [6, 6.07) is 7.20. The second-order valence-electron chi connectivity index (χ2n) is 11.2. The molecule has 0 aliphatic carbocycles. The molecule has 7 nitrogen and oxygen atoms in total. The van der Waals surface area contributed by atoms with Crippen LogP contribution in [0, 0.1) is 23.7 Å². The molecule has 220 valence electrons. The van der Waals surface area contributed by atoms with E-state index in [4.69, 9.17) is 14.2 Å². The third-order valence-corrected chi connectivity index (χ3v) is 8.92. The molecule has 0 unspecified atom stereocenters. The highest BCUT2D eigenvalue weighted by Gasteiger charge is 2.30. The van der Waals surface area contributed by atoms with Crippen molar-refractivity contribution in [1.29, 1.82) is 0 Å². The zero-order chi connectivity index (χ0) is 29.3. The number of nitrogens with one attached hydrogen (secondary N) is 2. The van der Waals surface area contributed by atoms with Crippen LogP contribution >= 0.6 is 21.6 Å². The average molecular weight is 581 g/mol.